The van der Waals surface area contributed by atoms with Crippen molar-refractivity contribution in [2.24, 2.45) is 0 Å². The summed E-state index contributed by atoms with van der Waals surface area (Å²) in [7, 11) is 2.05. The molecule has 0 unspecified atom stereocenters. The summed E-state index contributed by atoms with van der Waals surface area (Å²) in [5.41, 5.74) is 1.81. The molecule has 34 heavy (non-hydrogen) atoms. The van der Waals surface area contributed by atoms with E-state index in [1.165, 1.54) is 10.7 Å². The largest absolute Gasteiger partial charge is 0.340 e. The molecule has 0 spiro atoms. The molecule has 3 heterocycles. The van der Waals surface area contributed by atoms with Gasteiger partial charge in [0.25, 0.3) is 5.56 Å². The highest BCUT2D eigenvalue weighted by Gasteiger charge is 2.19. The molecule has 8 nitrogen and oxygen atoms in total. The van der Waals surface area contributed by atoms with Crippen molar-refractivity contribution in [1.82, 2.24) is 29.8 Å². The number of benzene rings is 2. The second-order valence-electron chi connectivity index (χ2n) is 8.44. The first-order valence-electron chi connectivity index (χ1n) is 10.9. The molecule has 2 aromatic heterocycles. The first-order valence-corrected chi connectivity index (χ1v) is 10.9. The Morgan fingerprint density at radius 2 is 1.74 bits per heavy atom. The first-order chi connectivity index (χ1) is 16.4. The lowest BCUT2D eigenvalue weighted by Gasteiger charge is -2.32. The summed E-state index contributed by atoms with van der Waals surface area (Å²) in [5.74, 6) is -1.92. The number of likely N-dealkylation sites (N-methyl/N-ethyl adjacent to an activating group) is 1. The molecular weight excluding hydrogens is 442 g/mol. The zero-order valence-corrected chi connectivity index (χ0v) is 18.5. The van der Waals surface area contributed by atoms with Crippen LogP contribution in [0.25, 0.3) is 27.8 Å². The molecule has 1 amide bonds. The van der Waals surface area contributed by atoms with Gasteiger partial charge in [0.05, 0.1) is 29.4 Å². The number of amides is 1. The minimum Gasteiger partial charge on any atom is -0.340 e. The molecule has 0 bridgehead atoms. The number of hydrogen-bond acceptors (Lipinski definition) is 5. The number of aromatic nitrogens is 4. The van der Waals surface area contributed by atoms with Crippen LogP contribution in [0.1, 0.15) is 5.56 Å². The van der Waals surface area contributed by atoms with Crippen molar-refractivity contribution in [3.05, 3.63) is 76.2 Å². The molecule has 4 aromatic rings. The van der Waals surface area contributed by atoms with E-state index in [2.05, 4.69) is 20.2 Å². The van der Waals surface area contributed by atoms with Crippen molar-refractivity contribution in [2.75, 3.05) is 33.2 Å². The van der Waals surface area contributed by atoms with Crippen molar-refractivity contribution in [2.45, 2.75) is 6.42 Å². The van der Waals surface area contributed by atoms with Crippen molar-refractivity contribution < 1.29 is 13.6 Å². The van der Waals surface area contributed by atoms with E-state index in [0.717, 1.165) is 43.9 Å². The molecule has 1 aliphatic rings. The summed E-state index contributed by atoms with van der Waals surface area (Å²) < 4.78 is 28.6. The number of pyridine rings is 1. The Balaban J connectivity index is 1.34. The van der Waals surface area contributed by atoms with Crippen LogP contribution < -0.4 is 5.56 Å². The SMILES string of the molecule is CN1CCN(C(=O)Cc2ccc(-n3cc(-c4cc5cc(F)c(F)cc5[nH]c4=O)nn3)cc2)CC1. The van der Waals surface area contributed by atoms with Gasteiger partial charge in [0.15, 0.2) is 11.6 Å². The average molecular weight is 464 g/mol. The summed E-state index contributed by atoms with van der Waals surface area (Å²) in [4.78, 5) is 31.7. The van der Waals surface area contributed by atoms with Gasteiger partial charge in [-0.1, -0.05) is 17.3 Å². The molecule has 1 saturated heterocycles. The first kappa shape index (κ1) is 21.9. The molecular formula is C24H22F2N6O2. The Hall–Kier alpha value is -3.92. The third-order valence-electron chi connectivity index (χ3n) is 6.07. The van der Waals surface area contributed by atoms with E-state index in [1.54, 1.807) is 6.20 Å². The summed E-state index contributed by atoms with van der Waals surface area (Å²) in [5, 5.41) is 8.50. The van der Waals surface area contributed by atoms with Gasteiger partial charge in [0.2, 0.25) is 5.91 Å². The van der Waals surface area contributed by atoms with Crippen LogP contribution in [0, 0.1) is 11.6 Å². The molecule has 2 aromatic carbocycles. The lowest BCUT2D eigenvalue weighted by atomic mass is 10.1. The van der Waals surface area contributed by atoms with Crippen LogP contribution in [-0.4, -0.2) is 68.9 Å². The van der Waals surface area contributed by atoms with Gasteiger partial charge in [0.1, 0.15) is 5.69 Å². The van der Waals surface area contributed by atoms with Gasteiger partial charge in [-0.2, -0.15) is 0 Å². The van der Waals surface area contributed by atoms with Gasteiger partial charge >= 0.3 is 0 Å². The van der Waals surface area contributed by atoms with Crippen molar-refractivity contribution in [1.29, 1.82) is 0 Å². The number of carbonyl (C=O) groups is 1. The number of H-pyrrole nitrogens is 1. The van der Waals surface area contributed by atoms with Gasteiger partial charge in [-0.15, -0.1) is 5.10 Å². The number of carbonyl (C=O) groups excluding carboxylic acids is 1. The molecule has 1 fully saturated rings. The van der Waals surface area contributed by atoms with Gasteiger partial charge in [-0.05, 0) is 36.9 Å². The summed E-state index contributed by atoms with van der Waals surface area (Å²) in [6.45, 7) is 3.24. The van der Waals surface area contributed by atoms with Crippen molar-refractivity contribution >= 4 is 16.8 Å². The minimum absolute atomic E-state index is 0.107. The maximum absolute atomic E-state index is 13.6. The predicted octanol–water partition coefficient (Wildman–Crippen LogP) is 2.37. The van der Waals surface area contributed by atoms with E-state index >= 15 is 0 Å². The quantitative estimate of drug-likeness (QED) is 0.501. The van der Waals surface area contributed by atoms with E-state index in [0.29, 0.717) is 23.2 Å². The summed E-state index contributed by atoms with van der Waals surface area (Å²) >= 11 is 0. The fourth-order valence-corrected chi connectivity index (χ4v) is 4.01. The molecule has 0 aliphatic carbocycles. The van der Waals surface area contributed by atoms with Crippen LogP contribution in [0.5, 0.6) is 0 Å². The Kier molecular flexibility index (Phi) is 5.66. The Bertz CT molecular complexity index is 1420. The predicted molar refractivity (Wildman–Crippen MR) is 123 cm³/mol. The van der Waals surface area contributed by atoms with E-state index in [4.69, 9.17) is 0 Å². The lowest BCUT2D eigenvalue weighted by Crippen LogP contribution is -2.47. The zero-order chi connectivity index (χ0) is 23.8. The van der Waals surface area contributed by atoms with Gasteiger partial charge < -0.3 is 14.8 Å². The van der Waals surface area contributed by atoms with Gasteiger partial charge in [-0.3, -0.25) is 9.59 Å². The molecule has 174 valence electrons. The molecule has 0 saturated carbocycles. The van der Waals surface area contributed by atoms with Crippen molar-refractivity contribution in [3.63, 3.8) is 0 Å². The third kappa shape index (κ3) is 4.32. The molecule has 1 N–H and O–H groups in total. The maximum Gasteiger partial charge on any atom is 0.258 e. The normalized spacial score (nSPS) is 14.6. The highest BCUT2D eigenvalue weighted by Crippen LogP contribution is 2.21. The molecule has 1 aliphatic heterocycles. The number of rotatable bonds is 4. The van der Waals surface area contributed by atoms with Gasteiger partial charge in [-0.25, -0.2) is 13.5 Å². The van der Waals surface area contributed by atoms with Crippen LogP contribution >= 0.6 is 0 Å². The highest BCUT2D eigenvalue weighted by atomic mass is 19.2. The molecule has 0 atom stereocenters. The second kappa shape index (κ2) is 8.79. The van der Waals surface area contributed by atoms with Crippen LogP contribution in [0.4, 0.5) is 8.78 Å². The van der Waals surface area contributed by atoms with Crippen LogP contribution in [0.15, 0.2) is 53.5 Å². The van der Waals surface area contributed by atoms with Crippen LogP contribution in [0.2, 0.25) is 0 Å². The second-order valence-corrected chi connectivity index (χ2v) is 8.44. The number of fused-ring (bicyclic) bond motifs is 1. The van der Waals surface area contributed by atoms with E-state index in [1.807, 2.05) is 36.2 Å². The zero-order valence-electron chi connectivity index (χ0n) is 18.5. The van der Waals surface area contributed by atoms with E-state index in [9.17, 15) is 18.4 Å². The smallest absolute Gasteiger partial charge is 0.258 e. The Labute approximate surface area is 193 Å². The van der Waals surface area contributed by atoms with E-state index in [-0.39, 0.29) is 17.0 Å². The van der Waals surface area contributed by atoms with Crippen LogP contribution in [-0.2, 0) is 11.2 Å². The minimum atomic E-state index is -1.03. The molecule has 5 rings (SSSR count). The Morgan fingerprint density at radius 3 is 2.47 bits per heavy atom. The topological polar surface area (TPSA) is 87.1 Å². The fraction of sp³-hybridized carbons (Fsp3) is 0.250. The number of aromatic amines is 1. The fourth-order valence-electron chi connectivity index (χ4n) is 4.01. The average Bonchev–Trinajstić information content (AvgIpc) is 3.31. The third-order valence-corrected chi connectivity index (χ3v) is 6.07. The lowest BCUT2D eigenvalue weighted by molar-refractivity contribution is -0.132. The summed E-state index contributed by atoms with van der Waals surface area (Å²) in [6, 6.07) is 10.8. The molecule has 0 radical (unpaired) electrons. The number of halogens is 2. The van der Waals surface area contributed by atoms with E-state index < -0.39 is 17.2 Å². The number of hydrogen-bond donors (Lipinski definition) is 1. The van der Waals surface area contributed by atoms with Crippen molar-refractivity contribution in [3.8, 4) is 16.9 Å². The standard InChI is InChI=1S/C24H22F2N6O2/c1-30-6-8-31(9-7-30)23(33)10-15-2-4-17(5-3-15)32-14-22(28-29-32)18-11-16-12-19(25)20(26)13-21(16)27-24(18)34/h2-5,11-14H,6-10H2,1H3,(H,27,34). The van der Waals surface area contributed by atoms with Gasteiger partial charge in [0, 0.05) is 37.6 Å². The highest BCUT2D eigenvalue weighted by molar-refractivity contribution is 5.83. The Morgan fingerprint density at radius 1 is 1.03 bits per heavy atom. The van der Waals surface area contributed by atoms with Crippen LogP contribution in [0.3, 0.4) is 0 Å². The number of piperazine rings is 1. The molecule has 10 heteroatoms. The summed E-state index contributed by atoms with van der Waals surface area (Å²) in [6.07, 6.45) is 1.91. The maximum atomic E-state index is 13.6. The number of nitrogens with one attached hydrogen (secondary N) is 1. The monoisotopic (exact) mass is 464 g/mol. The number of nitrogens with zero attached hydrogens (tertiary/aromatic N) is 5.